The van der Waals surface area contributed by atoms with Crippen LogP contribution in [-0.2, 0) is 16.0 Å². The van der Waals surface area contributed by atoms with Crippen LogP contribution >= 0.6 is 15.9 Å². The maximum Gasteiger partial charge on any atom is 0.326 e. The van der Waals surface area contributed by atoms with Crippen molar-refractivity contribution in [2.45, 2.75) is 44.6 Å². The van der Waals surface area contributed by atoms with Gasteiger partial charge in [-0.05, 0) is 70.7 Å². The number of anilines is 1. The van der Waals surface area contributed by atoms with Crippen molar-refractivity contribution in [3.63, 3.8) is 0 Å². The number of allylic oxidation sites excluding steroid dienone is 2. The number of aromatic nitrogens is 4. The molecule has 0 aliphatic heterocycles. The van der Waals surface area contributed by atoms with E-state index < -0.39 is 17.4 Å². The third-order valence-electron chi connectivity index (χ3n) is 8.17. The van der Waals surface area contributed by atoms with Crippen LogP contribution in [-0.4, -0.2) is 56.5 Å². The van der Waals surface area contributed by atoms with Crippen molar-refractivity contribution in [3.05, 3.63) is 76.7 Å². The number of nitrogens with zero attached hydrogens (tertiary/aromatic N) is 5. The zero-order valence-corrected chi connectivity index (χ0v) is 24.6. The van der Waals surface area contributed by atoms with Gasteiger partial charge in [0.25, 0.3) is 0 Å². The normalized spacial score (nSPS) is 17.0. The second-order valence-electron chi connectivity index (χ2n) is 11.0. The monoisotopic (exact) mass is 614 g/mol. The van der Waals surface area contributed by atoms with Gasteiger partial charge in [-0.2, -0.15) is 0 Å². The molecule has 41 heavy (non-hydrogen) atoms. The smallest absolute Gasteiger partial charge is 0.326 e. The molecule has 3 heterocycles. The third kappa shape index (κ3) is 4.80. The second kappa shape index (κ2) is 10.7. The molecule has 0 unspecified atom stereocenters. The molecule has 6 rings (SSSR count). The van der Waals surface area contributed by atoms with Gasteiger partial charge in [0.2, 0.25) is 0 Å². The van der Waals surface area contributed by atoms with Crippen molar-refractivity contribution >= 4 is 44.7 Å². The number of carbonyl (C=O) groups is 2. The van der Waals surface area contributed by atoms with E-state index in [4.69, 9.17) is 4.98 Å². The third-order valence-corrected chi connectivity index (χ3v) is 8.93. The van der Waals surface area contributed by atoms with Crippen LogP contribution < -0.4 is 10.2 Å². The molecule has 0 radical (unpaired) electrons. The number of hydrogen-bond donors (Lipinski definition) is 2. The highest BCUT2D eigenvalue weighted by atomic mass is 79.9. The van der Waals surface area contributed by atoms with Crippen LogP contribution in [0, 0.1) is 5.41 Å². The first-order chi connectivity index (χ1) is 19.8. The molecule has 1 fully saturated rings. The molecule has 1 atom stereocenters. The first-order valence-corrected chi connectivity index (χ1v) is 14.6. The Morgan fingerprint density at radius 1 is 1.10 bits per heavy atom. The number of benzene rings is 1. The molecular formula is C31H31BrN6O3. The van der Waals surface area contributed by atoms with Crippen LogP contribution in [0.15, 0.2) is 71.1 Å². The minimum Gasteiger partial charge on any atom is -0.480 e. The van der Waals surface area contributed by atoms with Gasteiger partial charge in [-0.3, -0.25) is 9.36 Å². The van der Waals surface area contributed by atoms with Crippen LogP contribution in [0.5, 0.6) is 0 Å². The fourth-order valence-electron chi connectivity index (χ4n) is 5.94. The molecule has 2 aliphatic rings. The van der Waals surface area contributed by atoms with Crippen molar-refractivity contribution in [3.8, 4) is 17.1 Å². The molecule has 10 heteroatoms. The number of halogens is 1. The summed E-state index contributed by atoms with van der Waals surface area (Å²) in [5.74, 6) is 0.715. The molecular weight excluding hydrogens is 584 g/mol. The average molecular weight is 616 g/mol. The second-order valence-corrected chi connectivity index (χ2v) is 11.8. The highest BCUT2D eigenvalue weighted by Gasteiger charge is 2.53. The molecule has 0 bridgehead atoms. The lowest BCUT2D eigenvalue weighted by atomic mass is 9.62. The lowest BCUT2D eigenvalue weighted by Gasteiger charge is -2.46. The molecule has 1 aromatic carbocycles. The summed E-state index contributed by atoms with van der Waals surface area (Å²) in [6, 6.07) is 14.7. The molecule has 1 saturated carbocycles. The van der Waals surface area contributed by atoms with Gasteiger partial charge in [0.1, 0.15) is 23.2 Å². The van der Waals surface area contributed by atoms with Gasteiger partial charge < -0.3 is 15.3 Å². The number of fused-ring (bicyclic) bond motifs is 1. The number of hydrogen-bond acceptors (Lipinski definition) is 7. The summed E-state index contributed by atoms with van der Waals surface area (Å²) >= 11 is 3.41. The van der Waals surface area contributed by atoms with Crippen LogP contribution in [0.1, 0.15) is 37.7 Å². The van der Waals surface area contributed by atoms with Crippen molar-refractivity contribution in [2.24, 2.45) is 5.41 Å². The lowest BCUT2D eigenvalue weighted by molar-refractivity contribution is -0.140. The minimum atomic E-state index is -0.951. The van der Waals surface area contributed by atoms with Gasteiger partial charge in [0.15, 0.2) is 11.4 Å². The number of nitrogens with one attached hydrogen (secondary N) is 1. The molecule has 4 aromatic rings. The topological polar surface area (TPSA) is 113 Å². The lowest BCUT2D eigenvalue weighted by Crippen LogP contribution is -2.53. The number of carboxylic acid groups (broad SMARTS) is 1. The molecule has 210 valence electrons. The van der Waals surface area contributed by atoms with E-state index >= 15 is 0 Å². The van der Waals surface area contributed by atoms with Gasteiger partial charge in [-0.1, -0.05) is 31.4 Å². The van der Waals surface area contributed by atoms with E-state index in [0.29, 0.717) is 4.48 Å². The van der Waals surface area contributed by atoms with Crippen molar-refractivity contribution in [2.75, 3.05) is 19.0 Å². The van der Waals surface area contributed by atoms with Gasteiger partial charge in [0, 0.05) is 49.9 Å². The van der Waals surface area contributed by atoms with E-state index in [1.54, 1.807) is 6.20 Å². The van der Waals surface area contributed by atoms with E-state index in [2.05, 4.69) is 31.2 Å². The molecule has 0 saturated heterocycles. The highest BCUT2D eigenvalue weighted by Crippen LogP contribution is 2.53. The fraction of sp³-hybridized carbons (Fsp3) is 0.323. The van der Waals surface area contributed by atoms with E-state index in [9.17, 15) is 14.7 Å². The Balaban J connectivity index is 1.28. The average Bonchev–Trinajstić information content (AvgIpc) is 3.39. The Labute approximate surface area is 246 Å². The van der Waals surface area contributed by atoms with Crippen LogP contribution in [0.4, 0.5) is 5.82 Å². The Hall–Kier alpha value is -4.05. The number of carboxylic acids is 1. The minimum absolute atomic E-state index is 0.0942. The van der Waals surface area contributed by atoms with Crippen LogP contribution in [0.2, 0.25) is 0 Å². The summed E-state index contributed by atoms with van der Waals surface area (Å²) in [6.45, 7) is 0. The number of carbonyl (C=O) groups excluding carboxylic acids is 1. The van der Waals surface area contributed by atoms with Gasteiger partial charge >= 0.3 is 5.97 Å². The summed E-state index contributed by atoms with van der Waals surface area (Å²) in [5, 5.41) is 13.3. The number of rotatable bonds is 8. The van der Waals surface area contributed by atoms with E-state index in [1.807, 2.05) is 78.3 Å². The first-order valence-electron chi connectivity index (χ1n) is 13.8. The molecule has 2 N–H and O–H groups in total. The summed E-state index contributed by atoms with van der Waals surface area (Å²) in [7, 11) is 3.89. The zero-order valence-electron chi connectivity index (χ0n) is 23.0. The van der Waals surface area contributed by atoms with E-state index in [1.165, 1.54) is 0 Å². The van der Waals surface area contributed by atoms with Crippen molar-refractivity contribution in [1.29, 1.82) is 0 Å². The maximum atomic E-state index is 12.8. The van der Waals surface area contributed by atoms with Gasteiger partial charge in [-0.15, -0.1) is 0 Å². The SMILES string of the molecule is CN(C)c1ccc(-c2nc3cccnc3n2-c2ccc(C[C@H](NC3=C(Br)C(=O)C34CCCCC4)C(=O)O)cc2)cn1. The molecule has 0 amide bonds. The van der Waals surface area contributed by atoms with Gasteiger partial charge in [-0.25, -0.2) is 19.7 Å². The van der Waals surface area contributed by atoms with Crippen LogP contribution in [0.3, 0.4) is 0 Å². The quantitative estimate of drug-likeness (QED) is 0.276. The van der Waals surface area contributed by atoms with Crippen molar-refractivity contribution < 1.29 is 14.7 Å². The van der Waals surface area contributed by atoms with Crippen LogP contribution in [0.25, 0.3) is 28.2 Å². The number of imidazole rings is 1. The first kappa shape index (κ1) is 27.1. The Bertz CT molecular complexity index is 1650. The summed E-state index contributed by atoms with van der Waals surface area (Å²) < 4.78 is 2.48. The summed E-state index contributed by atoms with van der Waals surface area (Å²) in [4.78, 5) is 41.0. The standard InChI is InChI=1S/C31H31BrN6O3/c1-37(2)24-13-10-20(18-34-24)28-36-22-7-6-16-33-29(22)38(28)21-11-8-19(9-12-21)17-23(30(40)41)35-26-25(32)27(39)31(26)14-4-3-5-15-31/h6-13,16,18,23,35H,3-5,14-15,17H2,1-2H3,(H,40,41)/t23-/m0/s1. The predicted molar refractivity (Wildman–Crippen MR) is 161 cm³/mol. The Morgan fingerprint density at radius 2 is 1.85 bits per heavy atom. The fourth-order valence-corrected chi connectivity index (χ4v) is 6.82. The summed E-state index contributed by atoms with van der Waals surface area (Å²) in [6.07, 6.45) is 8.43. The molecule has 1 spiro atoms. The molecule has 2 aliphatic carbocycles. The number of ketones is 1. The highest BCUT2D eigenvalue weighted by molar-refractivity contribution is 9.12. The zero-order chi connectivity index (χ0) is 28.7. The number of pyridine rings is 2. The maximum absolute atomic E-state index is 12.8. The molecule has 3 aromatic heterocycles. The Morgan fingerprint density at radius 3 is 2.51 bits per heavy atom. The predicted octanol–water partition coefficient (Wildman–Crippen LogP) is 5.27. The Kier molecular flexibility index (Phi) is 7.11. The molecule has 9 nitrogen and oxygen atoms in total. The van der Waals surface area contributed by atoms with E-state index in [-0.39, 0.29) is 12.2 Å². The number of aliphatic carboxylic acids is 1. The summed E-state index contributed by atoms with van der Waals surface area (Å²) in [5.41, 5.74) is 4.27. The van der Waals surface area contributed by atoms with Gasteiger partial charge in [0.05, 0.1) is 9.90 Å². The van der Waals surface area contributed by atoms with E-state index in [0.717, 1.165) is 77.4 Å². The largest absolute Gasteiger partial charge is 0.480 e. The van der Waals surface area contributed by atoms with Crippen molar-refractivity contribution in [1.82, 2.24) is 24.8 Å². The number of Topliss-reactive ketones (excluding diaryl/α,β-unsaturated/α-hetero) is 1.